The van der Waals surface area contributed by atoms with Gasteiger partial charge >= 0.3 is 0 Å². The molecular weight excluding hydrogens is 288 g/mol. The first-order valence-electron chi connectivity index (χ1n) is 7.10. The Morgan fingerprint density at radius 1 is 1.40 bits per heavy atom. The van der Waals surface area contributed by atoms with Crippen LogP contribution >= 0.6 is 23.1 Å². The Morgan fingerprint density at radius 2 is 2.30 bits per heavy atom. The minimum absolute atomic E-state index is 0.525. The van der Waals surface area contributed by atoms with Gasteiger partial charge in [0.05, 0.1) is 5.39 Å². The molecule has 0 amide bonds. The summed E-state index contributed by atoms with van der Waals surface area (Å²) < 4.78 is 0. The molecule has 6 heteroatoms. The molecule has 1 fully saturated rings. The second-order valence-electron chi connectivity index (χ2n) is 5.02. The lowest BCUT2D eigenvalue weighted by atomic mass is 10.2. The maximum Gasteiger partial charge on any atom is 0.226 e. The summed E-state index contributed by atoms with van der Waals surface area (Å²) in [4.78, 5) is 10.3. The zero-order valence-electron chi connectivity index (χ0n) is 11.8. The minimum atomic E-state index is 0.525. The monoisotopic (exact) mass is 308 g/mol. The van der Waals surface area contributed by atoms with Crippen LogP contribution in [0.3, 0.4) is 0 Å². The lowest BCUT2D eigenvalue weighted by molar-refractivity contribution is 0.764. The Balaban J connectivity index is 1.90. The van der Waals surface area contributed by atoms with Gasteiger partial charge in [0.1, 0.15) is 10.6 Å². The van der Waals surface area contributed by atoms with Crippen LogP contribution in [0.15, 0.2) is 11.4 Å². The van der Waals surface area contributed by atoms with Crippen molar-refractivity contribution in [2.24, 2.45) is 0 Å². The van der Waals surface area contributed by atoms with Gasteiger partial charge < -0.3 is 10.6 Å². The third-order valence-electron chi connectivity index (χ3n) is 3.74. The van der Waals surface area contributed by atoms with Gasteiger partial charge in [0, 0.05) is 17.8 Å². The summed E-state index contributed by atoms with van der Waals surface area (Å²) in [6, 6.07) is 2.64. The van der Waals surface area contributed by atoms with Gasteiger partial charge in [-0.15, -0.1) is 11.3 Å². The summed E-state index contributed by atoms with van der Waals surface area (Å²) in [5.41, 5.74) is 0. The lowest BCUT2D eigenvalue weighted by Gasteiger charge is -2.20. The van der Waals surface area contributed by atoms with Gasteiger partial charge in [-0.3, -0.25) is 0 Å². The van der Waals surface area contributed by atoms with E-state index in [0.29, 0.717) is 11.3 Å². The van der Waals surface area contributed by atoms with Crippen molar-refractivity contribution < 1.29 is 0 Å². The fraction of sp³-hybridized carbons (Fsp3) is 0.571. The molecule has 2 N–H and O–H groups in total. The number of anilines is 2. The molecule has 3 rings (SSSR count). The smallest absolute Gasteiger partial charge is 0.226 e. The fourth-order valence-electron chi connectivity index (χ4n) is 2.75. The zero-order chi connectivity index (χ0) is 13.9. The first kappa shape index (κ1) is 13.9. The number of thioether (sulfide) groups is 1. The van der Waals surface area contributed by atoms with Crippen LogP contribution in [0.2, 0.25) is 0 Å². The van der Waals surface area contributed by atoms with Crippen molar-refractivity contribution >= 4 is 45.1 Å². The second-order valence-corrected chi connectivity index (χ2v) is 6.99. The van der Waals surface area contributed by atoms with E-state index >= 15 is 0 Å². The highest BCUT2D eigenvalue weighted by atomic mass is 32.2. The van der Waals surface area contributed by atoms with Gasteiger partial charge in [-0.25, -0.2) is 4.98 Å². The maximum absolute atomic E-state index is 4.66. The van der Waals surface area contributed by atoms with Crippen molar-refractivity contribution in [1.82, 2.24) is 9.97 Å². The molecule has 108 valence electrons. The summed E-state index contributed by atoms with van der Waals surface area (Å²) in [5.74, 6) is 1.71. The zero-order valence-corrected chi connectivity index (χ0v) is 13.5. The van der Waals surface area contributed by atoms with Crippen molar-refractivity contribution in [2.45, 2.75) is 37.5 Å². The molecule has 0 radical (unpaired) electrons. The molecule has 2 aromatic rings. The number of thiophene rings is 1. The van der Waals surface area contributed by atoms with Crippen LogP contribution in [0, 0.1) is 0 Å². The molecule has 1 aliphatic rings. The van der Waals surface area contributed by atoms with Crippen LogP contribution in [-0.2, 0) is 0 Å². The van der Waals surface area contributed by atoms with Crippen LogP contribution in [-0.4, -0.2) is 34.1 Å². The van der Waals surface area contributed by atoms with E-state index < -0.39 is 0 Å². The summed E-state index contributed by atoms with van der Waals surface area (Å²) in [6.45, 7) is 2.91. The van der Waals surface area contributed by atoms with Crippen molar-refractivity contribution in [3.05, 3.63) is 11.4 Å². The van der Waals surface area contributed by atoms with Crippen LogP contribution < -0.4 is 10.6 Å². The summed E-state index contributed by atoms with van der Waals surface area (Å²) in [5, 5.41) is 10.8. The molecule has 2 heterocycles. The van der Waals surface area contributed by atoms with E-state index in [-0.39, 0.29) is 0 Å². The van der Waals surface area contributed by atoms with E-state index in [1.807, 2.05) is 11.8 Å². The number of hydrogen-bond donors (Lipinski definition) is 2. The van der Waals surface area contributed by atoms with Gasteiger partial charge in [-0.05, 0) is 37.5 Å². The van der Waals surface area contributed by atoms with E-state index in [9.17, 15) is 0 Å². The minimum Gasteiger partial charge on any atom is -0.366 e. The van der Waals surface area contributed by atoms with E-state index in [1.165, 1.54) is 19.3 Å². The second kappa shape index (κ2) is 6.18. The Bertz CT molecular complexity index is 584. The van der Waals surface area contributed by atoms with Crippen molar-refractivity contribution in [3.63, 3.8) is 0 Å². The van der Waals surface area contributed by atoms with E-state index in [4.69, 9.17) is 0 Å². The molecule has 0 spiro atoms. The molecule has 20 heavy (non-hydrogen) atoms. The van der Waals surface area contributed by atoms with Crippen molar-refractivity contribution in [3.8, 4) is 0 Å². The molecule has 0 bridgehead atoms. The summed E-state index contributed by atoms with van der Waals surface area (Å²) in [7, 11) is 0. The number of fused-ring (bicyclic) bond motifs is 1. The highest BCUT2D eigenvalue weighted by molar-refractivity contribution is 7.99. The SMILES string of the molecule is CCNc1nc(NC2CCCC2SC)c2ccsc2n1. The maximum atomic E-state index is 4.66. The van der Waals surface area contributed by atoms with Gasteiger partial charge in [0.2, 0.25) is 5.95 Å². The summed E-state index contributed by atoms with van der Waals surface area (Å²) in [6.07, 6.45) is 6.05. The third kappa shape index (κ3) is 2.72. The molecule has 1 saturated carbocycles. The molecule has 2 unspecified atom stereocenters. The average molecular weight is 308 g/mol. The third-order valence-corrected chi connectivity index (χ3v) is 5.71. The average Bonchev–Trinajstić information content (AvgIpc) is 3.07. The number of nitrogens with zero attached hydrogens (tertiary/aromatic N) is 2. The quantitative estimate of drug-likeness (QED) is 0.879. The molecular formula is C14H20N4S2. The van der Waals surface area contributed by atoms with E-state index in [2.05, 4.69) is 45.2 Å². The first-order valence-corrected chi connectivity index (χ1v) is 9.27. The fourth-order valence-corrected chi connectivity index (χ4v) is 4.45. The highest BCUT2D eigenvalue weighted by Gasteiger charge is 2.27. The van der Waals surface area contributed by atoms with Crippen molar-refractivity contribution in [1.29, 1.82) is 0 Å². The van der Waals surface area contributed by atoms with Crippen molar-refractivity contribution in [2.75, 3.05) is 23.4 Å². The number of aromatic nitrogens is 2. The molecule has 2 aromatic heterocycles. The number of hydrogen-bond acceptors (Lipinski definition) is 6. The van der Waals surface area contributed by atoms with Crippen LogP contribution in [0.5, 0.6) is 0 Å². The number of rotatable bonds is 5. The molecule has 4 nitrogen and oxygen atoms in total. The normalized spacial score (nSPS) is 22.3. The molecule has 0 saturated heterocycles. The molecule has 2 atom stereocenters. The largest absolute Gasteiger partial charge is 0.366 e. The van der Waals surface area contributed by atoms with Crippen LogP contribution in [0.1, 0.15) is 26.2 Å². The number of nitrogens with one attached hydrogen (secondary N) is 2. The van der Waals surface area contributed by atoms with Crippen LogP contribution in [0.4, 0.5) is 11.8 Å². The Morgan fingerprint density at radius 3 is 3.10 bits per heavy atom. The Hall–Kier alpha value is -1.01. The van der Waals surface area contributed by atoms with Gasteiger partial charge in [0.15, 0.2) is 0 Å². The Labute approximate surface area is 127 Å². The van der Waals surface area contributed by atoms with Gasteiger partial charge in [-0.1, -0.05) is 6.42 Å². The highest BCUT2D eigenvalue weighted by Crippen LogP contribution is 2.33. The first-order chi connectivity index (χ1) is 9.81. The van der Waals surface area contributed by atoms with E-state index in [0.717, 1.165) is 28.5 Å². The Kier molecular flexibility index (Phi) is 4.31. The molecule has 0 aliphatic heterocycles. The lowest BCUT2D eigenvalue weighted by Crippen LogP contribution is -2.26. The van der Waals surface area contributed by atoms with Crippen LogP contribution in [0.25, 0.3) is 10.2 Å². The predicted molar refractivity (Wildman–Crippen MR) is 90.1 cm³/mol. The van der Waals surface area contributed by atoms with Gasteiger partial charge in [0.25, 0.3) is 0 Å². The van der Waals surface area contributed by atoms with E-state index in [1.54, 1.807) is 11.3 Å². The standard InChI is InChI=1S/C14H20N4S2/c1-3-15-14-17-12(9-7-8-20-13(9)18-14)16-10-5-4-6-11(10)19-2/h7-8,10-11H,3-6H2,1-2H3,(H2,15,16,17,18). The predicted octanol–water partition coefficient (Wildman–Crippen LogP) is 3.82. The van der Waals surface area contributed by atoms with Gasteiger partial charge in [-0.2, -0.15) is 16.7 Å². The molecule has 0 aromatic carbocycles. The molecule has 1 aliphatic carbocycles. The summed E-state index contributed by atoms with van der Waals surface area (Å²) >= 11 is 3.63. The topological polar surface area (TPSA) is 49.8 Å².